The van der Waals surface area contributed by atoms with Crippen molar-refractivity contribution in [2.75, 3.05) is 7.11 Å². The van der Waals surface area contributed by atoms with E-state index in [9.17, 15) is 9.18 Å². The summed E-state index contributed by atoms with van der Waals surface area (Å²) in [5, 5.41) is 8.98. The van der Waals surface area contributed by atoms with Gasteiger partial charge in [0.2, 0.25) is 0 Å². The summed E-state index contributed by atoms with van der Waals surface area (Å²) < 4.78 is 18.3. The maximum absolute atomic E-state index is 13.1. The fourth-order valence-electron chi connectivity index (χ4n) is 2.54. The van der Waals surface area contributed by atoms with Crippen molar-refractivity contribution in [1.82, 2.24) is 0 Å². The van der Waals surface area contributed by atoms with Crippen molar-refractivity contribution in [3.8, 4) is 5.75 Å². The Kier molecular flexibility index (Phi) is 3.05. The molecule has 0 heterocycles. The highest BCUT2D eigenvalue weighted by molar-refractivity contribution is 5.70. The van der Waals surface area contributed by atoms with Crippen molar-refractivity contribution < 1.29 is 19.0 Å². The molecule has 1 saturated carbocycles. The van der Waals surface area contributed by atoms with Gasteiger partial charge in [0, 0.05) is 17.0 Å². The van der Waals surface area contributed by atoms with Gasteiger partial charge in [-0.25, -0.2) is 4.39 Å². The van der Waals surface area contributed by atoms with Gasteiger partial charge in [-0.2, -0.15) is 0 Å². The summed E-state index contributed by atoms with van der Waals surface area (Å²) in [4.78, 5) is 10.9. The molecule has 3 nitrogen and oxygen atoms in total. The molecule has 0 aromatic heterocycles. The van der Waals surface area contributed by atoms with Crippen LogP contribution in [0, 0.1) is 5.82 Å². The smallest absolute Gasteiger partial charge is 0.304 e. The number of ether oxygens (including phenoxy) is 1. The molecule has 1 aromatic carbocycles. The van der Waals surface area contributed by atoms with Gasteiger partial charge in [-0.15, -0.1) is 0 Å². The Hall–Kier alpha value is -1.58. The van der Waals surface area contributed by atoms with Crippen molar-refractivity contribution in [3.05, 3.63) is 29.6 Å². The summed E-state index contributed by atoms with van der Waals surface area (Å²) in [6.45, 7) is 0. The zero-order valence-electron chi connectivity index (χ0n) is 9.70. The third-order valence-electron chi connectivity index (χ3n) is 3.54. The number of methoxy groups -OCH3 is 1. The molecule has 0 spiro atoms. The van der Waals surface area contributed by atoms with Crippen molar-refractivity contribution in [3.63, 3.8) is 0 Å². The molecule has 17 heavy (non-hydrogen) atoms. The van der Waals surface area contributed by atoms with Gasteiger partial charge in [0.05, 0.1) is 13.5 Å². The minimum Gasteiger partial charge on any atom is -0.496 e. The minimum atomic E-state index is -0.823. The van der Waals surface area contributed by atoms with Crippen molar-refractivity contribution in [1.29, 1.82) is 0 Å². The number of benzene rings is 1. The summed E-state index contributed by atoms with van der Waals surface area (Å²) in [6, 6.07) is 4.33. The quantitative estimate of drug-likeness (QED) is 0.877. The fraction of sp³-hybridized carbons (Fsp3) is 0.462. The standard InChI is InChI=1S/C13H15FO3/c1-17-11-7-9(14)3-4-10(11)13(5-2-6-13)8-12(15)16/h3-4,7H,2,5-6,8H2,1H3,(H,15,16). The monoisotopic (exact) mass is 238 g/mol. The van der Waals surface area contributed by atoms with Crippen LogP contribution in [0.5, 0.6) is 5.75 Å². The second-order valence-corrected chi connectivity index (χ2v) is 4.55. The van der Waals surface area contributed by atoms with Gasteiger partial charge in [0.25, 0.3) is 0 Å². The summed E-state index contributed by atoms with van der Waals surface area (Å²) in [6.07, 6.45) is 2.73. The van der Waals surface area contributed by atoms with Crippen molar-refractivity contribution in [2.24, 2.45) is 0 Å². The van der Waals surface area contributed by atoms with E-state index in [0.29, 0.717) is 5.75 Å². The highest BCUT2D eigenvalue weighted by Gasteiger charge is 2.42. The van der Waals surface area contributed by atoms with Crippen LogP contribution in [0.15, 0.2) is 18.2 Å². The first-order chi connectivity index (χ1) is 8.07. The second-order valence-electron chi connectivity index (χ2n) is 4.55. The van der Waals surface area contributed by atoms with Crippen LogP contribution >= 0.6 is 0 Å². The third-order valence-corrected chi connectivity index (χ3v) is 3.54. The molecule has 1 aliphatic rings. The van der Waals surface area contributed by atoms with E-state index >= 15 is 0 Å². The second kappa shape index (κ2) is 4.35. The van der Waals surface area contributed by atoms with Gasteiger partial charge in [-0.05, 0) is 18.9 Å². The van der Waals surface area contributed by atoms with Crippen LogP contribution in [0.4, 0.5) is 4.39 Å². The predicted molar refractivity (Wildman–Crippen MR) is 60.7 cm³/mol. The Morgan fingerprint density at radius 1 is 1.53 bits per heavy atom. The average Bonchev–Trinajstić information content (AvgIpc) is 2.23. The molecule has 0 aliphatic heterocycles. The summed E-state index contributed by atoms with van der Waals surface area (Å²) in [7, 11) is 1.48. The number of rotatable bonds is 4. The largest absolute Gasteiger partial charge is 0.496 e. The molecule has 2 rings (SSSR count). The number of hydrogen-bond acceptors (Lipinski definition) is 2. The van der Waals surface area contributed by atoms with Crippen molar-refractivity contribution >= 4 is 5.97 Å². The van der Waals surface area contributed by atoms with Gasteiger partial charge in [0.15, 0.2) is 0 Å². The minimum absolute atomic E-state index is 0.0784. The molecule has 0 atom stereocenters. The molecule has 1 aliphatic carbocycles. The van der Waals surface area contributed by atoms with Gasteiger partial charge in [-0.1, -0.05) is 12.5 Å². The molecule has 0 unspecified atom stereocenters. The molecule has 0 bridgehead atoms. The summed E-state index contributed by atoms with van der Waals surface area (Å²) >= 11 is 0. The number of carboxylic acids is 1. The molecule has 0 radical (unpaired) electrons. The molecule has 0 saturated heterocycles. The highest BCUT2D eigenvalue weighted by Crippen LogP contribution is 2.49. The van der Waals surface area contributed by atoms with E-state index in [2.05, 4.69) is 0 Å². The van der Waals surface area contributed by atoms with E-state index in [1.807, 2.05) is 0 Å². The van der Waals surface area contributed by atoms with Gasteiger partial charge >= 0.3 is 5.97 Å². The number of aliphatic carboxylic acids is 1. The topological polar surface area (TPSA) is 46.5 Å². The maximum atomic E-state index is 13.1. The first-order valence-corrected chi connectivity index (χ1v) is 5.63. The fourth-order valence-corrected chi connectivity index (χ4v) is 2.54. The molecular formula is C13H15FO3. The van der Waals surface area contributed by atoms with Crippen LogP contribution in [0.2, 0.25) is 0 Å². The van der Waals surface area contributed by atoms with Crippen LogP contribution < -0.4 is 4.74 Å². The summed E-state index contributed by atoms with van der Waals surface area (Å²) in [5.41, 5.74) is 0.445. The van der Waals surface area contributed by atoms with Gasteiger partial charge in [0.1, 0.15) is 11.6 Å². The maximum Gasteiger partial charge on any atom is 0.304 e. The molecule has 4 heteroatoms. The van der Waals surface area contributed by atoms with Crippen LogP contribution in [0.25, 0.3) is 0 Å². The Morgan fingerprint density at radius 3 is 2.71 bits per heavy atom. The van der Waals surface area contributed by atoms with Crippen LogP contribution in [-0.4, -0.2) is 18.2 Å². The van der Waals surface area contributed by atoms with Crippen LogP contribution in [0.1, 0.15) is 31.2 Å². The molecule has 92 valence electrons. The van der Waals surface area contributed by atoms with E-state index in [1.54, 1.807) is 6.07 Å². The average molecular weight is 238 g/mol. The van der Waals surface area contributed by atoms with E-state index in [4.69, 9.17) is 9.84 Å². The lowest BCUT2D eigenvalue weighted by Crippen LogP contribution is -2.37. The molecular weight excluding hydrogens is 223 g/mol. The Morgan fingerprint density at radius 2 is 2.24 bits per heavy atom. The zero-order chi connectivity index (χ0) is 12.5. The molecule has 1 aromatic rings. The molecule has 1 N–H and O–H groups in total. The third kappa shape index (κ3) is 2.12. The lowest BCUT2D eigenvalue weighted by atomic mass is 9.62. The Labute approximate surface area is 99.2 Å². The number of hydrogen-bond donors (Lipinski definition) is 1. The summed E-state index contributed by atoms with van der Waals surface area (Å²) in [5.74, 6) is -0.738. The highest BCUT2D eigenvalue weighted by atomic mass is 19.1. The van der Waals surface area contributed by atoms with E-state index in [0.717, 1.165) is 24.8 Å². The Bertz CT molecular complexity index is 438. The molecule has 1 fully saturated rings. The van der Waals surface area contributed by atoms with Gasteiger partial charge in [-0.3, -0.25) is 4.79 Å². The molecule has 0 amide bonds. The normalized spacial score (nSPS) is 17.3. The number of carbonyl (C=O) groups is 1. The first kappa shape index (κ1) is 11.9. The lowest BCUT2D eigenvalue weighted by molar-refractivity contribution is -0.139. The number of carboxylic acid groups (broad SMARTS) is 1. The number of halogens is 1. The van der Waals surface area contributed by atoms with E-state index in [-0.39, 0.29) is 17.7 Å². The zero-order valence-corrected chi connectivity index (χ0v) is 9.70. The Balaban J connectivity index is 2.40. The van der Waals surface area contributed by atoms with Crippen LogP contribution in [-0.2, 0) is 10.2 Å². The van der Waals surface area contributed by atoms with Crippen molar-refractivity contribution in [2.45, 2.75) is 31.1 Å². The van der Waals surface area contributed by atoms with Gasteiger partial charge < -0.3 is 9.84 Å². The predicted octanol–water partition coefficient (Wildman–Crippen LogP) is 2.73. The lowest BCUT2D eigenvalue weighted by Gasteiger charge is -2.42. The van der Waals surface area contributed by atoms with E-state index in [1.165, 1.54) is 19.2 Å². The van der Waals surface area contributed by atoms with E-state index < -0.39 is 5.97 Å². The SMILES string of the molecule is COc1cc(F)ccc1C1(CC(=O)O)CCC1. The van der Waals surface area contributed by atoms with Crippen LogP contribution in [0.3, 0.4) is 0 Å². The first-order valence-electron chi connectivity index (χ1n) is 5.63.